The zero-order chi connectivity index (χ0) is 12.5. The molecule has 1 atom stereocenters. The maximum Gasteiger partial charge on any atom is 0.136 e. The molecule has 0 aromatic rings. The van der Waals surface area contributed by atoms with Crippen LogP contribution >= 0.6 is 0 Å². The molecule has 0 aliphatic heterocycles. The molecule has 2 aliphatic rings. The van der Waals surface area contributed by atoms with Crippen LogP contribution in [-0.4, -0.2) is 29.2 Å². The van der Waals surface area contributed by atoms with Crippen LogP contribution in [0.3, 0.4) is 0 Å². The molecule has 2 fully saturated rings. The first-order chi connectivity index (χ1) is 8.29. The van der Waals surface area contributed by atoms with E-state index in [0.717, 1.165) is 18.8 Å². The third-order valence-corrected chi connectivity index (χ3v) is 3.92. The summed E-state index contributed by atoms with van der Waals surface area (Å²) >= 11 is 0. The largest absolute Gasteiger partial charge is 0.394 e. The van der Waals surface area contributed by atoms with Crippen molar-refractivity contribution >= 4 is 5.78 Å². The number of ketones is 1. The van der Waals surface area contributed by atoms with Gasteiger partial charge in [-0.1, -0.05) is 25.7 Å². The highest BCUT2D eigenvalue weighted by molar-refractivity contribution is 5.81. The fourth-order valence-corrected chi connectivity index (χ4v) is 3.04. The van der Waals surface area contributed by atoms with Crippen LogP contribution in [-0.2, 0) is 4.79 Å². The van der Waals surface area contributed by atoms with Crippen molar-refractivity contribution in [2.24, 2.45) is 11.8 Å². The van der Waals surface area contributed by atoms with Gasteiger partial charge in [-0.25, -0.2) is 0 Å². The average Bonchev–Trinajstić information content (AvgIpc) is 2.41. The predicted molar refractivity (Wildman–Crippen MR) is 67.7 cm³/mol. The lowest BCUT2D eigenvalue weighted by Gasteiger charge is -2.31. The molecule has 0 spiro atoms. The highest BCUT2D eigenvalue weighted by atomic mass is 16.3. The molecule has 2 saturated carbocycles. The maximum atomic E-state index is 11.7. The monoisotopic (exact) mass is 242 g/mol. The number of Topliss-reactive ketones (excluding diaryl/α,β-unsaturated/α-hetero) is 1. The van der Waals surface area contributed by atoms with E-state index in [1.807, 2.05) is 0 Å². The molecule has 0 aromatic heterocycles. The summed E-state index contributed by atoms with van der Waals surface area (Å²) in [4.78, 5) is 11.7. The minimum atomic E-state index is -0.125. The summed E-state index contributed by atoms with van der Waals surface area (Å²) in [5.74, 6) is 1.81. The van der Waals surface area contributed by atoms with E-state index in [0.29, 0.717) is 11.7 Å². The highest BCUT2D eigenvalue weighted by Crippen LogP contribution is 2.36. The van der Waals surface area contributed by atoms with Crippen molar-refractivity contribution in [2.45, 2.75) is 57.8 Å². The number of hydrogen-bond donors (Lipinski definition) is 2. The summed E-state index contributed by atoms with van der Waals surface area (Å²) in [6, 6.07) is 0. The summed E-state index contributed by atoms with van der Waals surface area (Å²) in [5.41, 5.74) is 0. The Hall–Kier alpha value is -0.410. The van der Waals surface area contributed by atoms with E-state index in [-0.39, 0.29) is 13.2 Å². The predicted octanol–water partition coefficient (Wildman–Crippen LogP) is 2.30. The Bertz CT molecular complexity index is 208. The van der Waals surface area contributed by atoms with Crippen molar-refractivity contribution in [3.05, 3.63) is 0 Å². The summed E-state index contributed by atoms with van der Waals surface area (Å²) in [6.07, 6.45) is 11.3. The van der Waals surface area contributed by atoms with Gasteiger partial charge in [0.15, 0.2) is 0 Å². The van der Waals surface area contributed by atoms with Gasteiger partial charge in [0.2, 0.25) is 0 Å². The van der Waals surface area contributed by atoms with Crippen molar-refractivity contribution in [1.29, 1.82) is 0 Å². The van der Waals surface area contributed by atoms with Gasteiger partial charge in [0.1, 0.15) is 5.78 Å². The molecule has 0 amide bonds. The van der Waals surface area contributed by atoms with Gasteiger partial charge >= 0.3 is 0 Å². The van der Waals surface area contributed by atoms with Gasteiger partial charge in [0.05, 0.1) is 13.2 Å². The van der Waals surface area contributed by atoms with Crippen molar-refractivity contribution in [3.8, 4) is 0 Å². The molecular weight excluding hydrogens is 216 g/mol. The van der Waals surface area contributed by atoms with E-state index >= 15 is 0 Å². The number of hydrogen-bond acceptors (Lipinski definition) is 3. The van der Waals surface area contributed by atoms with Crippen molar-refractivity contribution in [2.75, 3.05) is 13.2 Å². The van der Waals surface area contributed by atoms with Crippen LogP contribution in [0.2, 0.25) is 0 Å². The fourth-order valence-electron chi connectivity index (χ4n) is 3.04. The Kier molecular flexibility index (Phi) is 7.45. The third-order valence-electron chi connectivity index (χ3n) is 3.92. The number of aliphatic hydroxyl groups is 2. The fraction of sp³-hybridized carbons (Fsp3) is 0.929. The molecule has 2 aliphatic carbocycles. The zero-order valence-electron chi connectivity index (χ0n) is 10.7. The van der Waals surface area contributed by atoms with Gasteiger partial charge in [-0.05, 0) is 31.6 Å². The van der Waals surface area contributed by atoms with E-state index in [4.69, 9.17) is 10.2 Å². The SMILES string of the molecule is O=C1CCCCC1C1CCCCC1.OCCO. The molecule has 0 bridgehead atoms. The molecular formula is C14H26O3. The summed E-state index contributed by atoms with van der Waals surface area (Å²) in [6.45, 7) is -0.250. The summed E-state index contributed by atoms with van der Waals surface area (Å²) < 4.78 is 0. The number of rotatable bonds is 2. The van der Waals surface area contributed by atoms with E-state index in [2.05, 4.69) is 0 Å². The van der Waals surface area contributed by atoms with E-state index in [1.165, 1.54) is 44.9 Å². The lowest BCUT2D eigenvalue weighted by Crippen LogP contribution is -2.28. The van der Waals surface area contributed by atoms with Crippen LogP contribution in [0.4, 0.5) is 0 Å². The number of aliphatic hydroxyl groups excluding tert-OH is 2. The molecule has 0 aromatic carbocycles. The Morgan fingerprint density at radius 2 is 1.47 bits per heavy atom. The molecule has 100 valence electrons. The van der Waals surface area contributed by atoms with Crippen molar-refractivity contribution < 1.29 is 15.0 Å². The Morgan fingerprint density at radius 1 is 0.882 bits per heavy atom. The first-order valence-corrected chi connectivity index (χ1v) is 7.04. The van der Waals surface area contributed by atoms with Crippen LogP contribution in [0, 0.1) is 11.8 Å². The lowest BCUT2D eigenvalue weighted by atomic mass is 9.73. The Labute approximate surface area is 104 Å². The maximum absolute atomic E-state index is 11.7. The van der Waals surface area contributed by atoms with Crippen LogP contribution in [0.1, 0.15) is 57.8 Å². The smallest absolute Gasteiger partial charge is 0.136 e. The highest BCUT2D eigenvalue weighted by Gasteiger charge is 2.30. The van der Waals surface area contributed by atoms with Crippen LogP contribution in [0.25, 0.3) is 0 Å². The van der Waals surface area contributed by atoms with Gasteiger partial charge in [-0.3, -0.25) is 4.79 Å². The topological polar surface area (TPSA) is 57.5 Å². The van der Waals surface area contributed by atoms with Gasteiger partial charge in [-0.15, -0.1) is 0 Å². The molecule has 17 heavy (non-hydrogen) atoms. The van der Waals surface area contributed by atoms with Crippen molar-refractivity contribution in [3.63, 3.8) is 0 Å². The second kappa shape index (κ2) is 8.65. The molecule has 0 saturated heterocycles. The van der Waals surface area contributed by atoms with Gasteiger partial charge in [0.25, 0.3) is 0 Å². The molecule has 3 heteroatoms. The van der Waals surface area contributed by atoms with Crippen LogP contribution in [0.5, 0.6) is 0 Å². The third kappa shape index (κ3) is 5.17. The summed E-state index contributed by atoms with van der Waals surface area (Å²) in [7, 11) is 0. The van der Waals surface area contributed by atoms with E-state index < -0.39 is 0 Å². The second-order valence-corrected chi connectivity index (χ2v) is 5.16. The molecule has 0 heterocycles. The van der Waals surface area contributed by atoms with Crippen LogP contribution in [0.15, 0.2) is 0 Å². The number of carbonyl (C=O) groups is 1. The first kappa shape index (κ1) is 14.7. The van der Waals surface area contributed by atoms with Gasteiger partial charge < -0.3 is 10.2 Å². The molecule has 0 radical (unpaired) electrons. The normalized spacial score (nSPS) is 26.2. The minimum Gasteiger partial charge on any atom is -0.394 e. The van der Waals surface area contributed by atoms with E-state index in [9.17, 15) is 4.79 Å². The quantitative estimate of drug-likeness (QED) is 0.781. The van der Waals surface area contributed by atoms with Gasteiger partial charge in [0, 0.05) is 12.3 Å². The van der Waals surface area contributed by atoms with E-state index in [1.54, 1.807) is 0 Å². The standard InChI is InChI=1S/C12H20O.C2H6O2/c13-12-9-5-4-8-11(12)10-6-2-1-3-7-10;3-1-2-4/h10-11H,1-9H2;3-4H,1-2H2. The Morgan fingerprint density at radius 3 is 2.00 bits per heavy atom. The minimum absolute atomic E-state index is 0.125. The lowest BCUT2D eigenvalue weighted by molar-refractivity contribution is -0.126. The molecule has 3 nitrogen and oxygen atoms in total. The molecule has 1 unspecified atom stereocenters. The average molecular weight is 242 g/mol. The second-order valence-electron chi connectivity index (χ2n) is 5.16. The Balaban J connectivity index is 0.000000317. The summed E-state index contributed by atoms with van der Waals surface area (Å²) in [5, 5.41) is 15.2. The first-order valence-electron chi connectivity index (χ1n) is 7.04. The van der Waals surface area contributed by atoms with Crippen LogP contribution < -0.4 is 0 Å². The molecule has 2 rings (SSSR count). The number of carbonyl (C=O) groups excluding carboxylic acids is 1. The van der Waals surface area contributed by atoms with Crippen molar-refractivity contribution in [1.82, 2.24) is 0 Å². The zero-order valence-corrected chi connectivity index (χ0v) is 10.7. The molecule has 2 N–H and O–H groups in total. The van der Waals surface area contributed by atoms with Gasteiger partial charge in [-0.2, -0.15) is 0 Å².